The molecule has 0 aliphatic carbocycles. The molecule has 0 fully saturated rings. The maximum absolute atomic E-state index is 13.3. The van der Waals surface area contributed by atoms with E-state index in [1.165, 1.54) is 12.0 Å². The minimum absolute atomic E-state index is 0.233. The Labute approximate surface area is 85.3 Å². The molecule has 2 rings (SSSR count). The van der Waals surface area contributed by atoms with Crippen molar-refractivity contribution in [3.05, 3.63) is 39.9 Å². The van der Waals surface area contributed by atoms with Gasteiger partial charge in [-0.05, 0) is 0 Å². The van der Waals surface area contributed by atoms with Crippen LogP contribution in [0.25, 0.3) is 10.9 Å². The molecule has 0 atom stereocenters. The number of pyridine rings is 1. The minimum atomic E-state index is -0.486. The van der Waals surface area contributed by atoms with Crippen LogP contribution in [0.4, 0.5) is 4.39 Å². The molecule has 0 bridgehead atoms. The van der Waals surface area contributed by atoms with Crippen molar-refractivity contribution in [2.75, 3.05) is 0 Å². The summed E-state index contributed by atoms with van der Waals surface area (Å²) in [4.78, 5) is 13.6. The molecule has 0 unspecified atom stereocenters. The summed E-state index contributed by atoms with van der Waals surface area (Å²) in [6.45, 7) is 0. The number of rotatable bonds is 1. The van der Waals surface area contributed by atoms with Crippen molar-refractivity contribution in [1.29, 1.82) is 0 Å². The van der Waals surface area contributed by atoms with E-state index in [1.54, 1.807) is 0 Å². The Balaban J connectivity index is 2.93. The molecule has 0 saturated carbocycles. The maximum atomic E-state index is 13.3. The molecule has 1 aromatic carbocycles. The van der Waals surface area contributed by atoms with Gasteiger partial charge in [-0.25, -0.2) is 0 Å². The summed E-state index contributed by atoms with van der Waals surface area (Å²) in [5.74, 6) is 0.625. The van der Waals surface area contributed by atoms with Crippen LogP contribution in [0.5, 0.6) is 5.75 Å². The number of halogens is 1. The first-order chi connectivity index (χ1) is 7.11. The third-order valence-electron chi connectivity index (χ3n) is 2.16. The van der Waals surface area contributed by atoms with E-state index < -0.39 is 11.4 Å². The number of benzene rings is 1. The summed E-state index contributed by atoms with van der Waals surface area (Å²) in [5, 5.41) is 9.70. The van der Waals surface area contributed by atoms with Gasteiger partial charge in [-0.1, -0.05) is 0 Å². The fraction of sp³-hybridized carbons (Fsp3) is 0. The summed E-state index contributed by atoms with van der Waals surface area (Å²) in [6, 6.07) is 3.60. The van der Waals surface area contributed by atoms with Crippen molar-refractivity contribution in [3.63, 3.8) is 0 Å². The average Bonchev–Trinajstić information content (AvgIpc) is 2.18. The Hall–Kier alpha value is -1.91. The van der Waals surface area contributed by atoms with Crippen molar-refractivity contribution < 1.29 is 9.50 Å². The first-order valence-corrected chi connectivity index (χ1v) is 4.30. The summed E-state index contributed by atoms with van der Waals surface area (Å²) in [5.41, 5.74) is 0.238. The van der Waals surface area contributed by atoms with Gasteiger partial charge in [-0.3, -0.25) is 0 Å². The fourth-order valence-corrected chi connectivity index (χ4v) is 1.43. The van der Waals surface area contributed by atoms with Crippen molar-refractivity contribution in [2.24, 2.45) is 0 Å². The number of aromatic amines is 1. The molecule has 15 heavy (non-hydrogen) atoms. The first kappa shape index (κ1) is 9.64. The van der Waals surface area contributed by atoms with Gasteiger partial charge in [0.25, 0.3) is 0 Å². The molecule has 0 radical (unpaired) electrons. The van der Waals surface area contributed by atoms with E-state index in [2.05, 4.69) is 12.5 Å². The van der Waals surface area contributed by atoms with E-state index in [0.717, 1.165) is 12.1 Å². The Morgan fingerprint density at radius 1 is 1.40 bits per heavy atom. The third kappa shape index (κ3) is 1.56. The Morgan fingerprint density at radius 3 is 2.80 bits per heavy atom. The first-order valence-electron chi connectivity index (χ1n) is 4.30. The molecular formula is C10H7BFNO2. The molecular weight excluding hydrogens is 196 g/mol. The summed E-state index contributed by atoms with van der Waals surface area (Å²) >= 11 is 0. The van der Waals surface area contributed by atoms with Crippen LogP contribution in [0, 0.1) is 5.82 Å². The summed E-state index contributed by atoms with van der Waals surface area (Å²) in [6.07, 6.45) is 0. The van der Waals surface area contributed by atoms with E-state index in [4.69, 9.17) is 0 Å². The van der Waals surface area contributed by atoms with E-state index in [1.807, 2.05) is 0 Å². The predicted molar refractivity (Wildman–Crippen MR) is 58.5 cm³/mol. The van der Waals surface area contributed by atoms with Gasteiger partial charge in [0, 0.05) is 0 Å². The molecule has 2 aromatic rings. The fourth-order valence-electron chi connectivity index (χ4n) is 1.43. The zero-order valence-corrected chi connectivity index (χ0v) is 7.75. The molecule has 0 amide bonds. The van der Waals surface area contributed by atoms with Gasteiger partial charge in [-0.2, -0.15) is 0 Å². The van der Waals surface area contributed by atoms with Gasteiger partial charge < -0.3 is 0 Å². The van der Waals surface area contributed by atoms with Crippen molar-refractivity contribution in [1.82, 2.24) is 4.98 Å². The Bertz CT molecular complexity index is 606. The zero-order chi connectivity index (χ0) is 11.0. The number of hydrogen-bond donors (Lipinski definition) is 2. The van der Waals surface area contributed by atoms with Crippen LogP contribution in [0.2, 0.25) is 0 Å². The van der Waals surface area contributed by atoms with Gasteiger partial charge in [0.05, 0.1) is 0 Å². The second-order valence-corrected chi connectivity index (χ2v) is 3.14. The summed E-state index contributed by atoms with van der Waals surface area (Å²) < 4.78 is 13.3. The second kappa shape index (κ2) is 3.35. The van der Waals surface area contributed by atoms with Gasteiger partial charge >= 0.3 is 84.5 Å². The monoisotopic (exact) mass is 203 g/mol. The SMILES string of the molecule is B=Cc1cc2[nH]c(=O)cc(O)c2cc1F. The van der Waals surface area contributed by atoms with Crippen LogP contribution in [-0.4, -0.2) is 23.5 Å². The molecule has 1 heterocycles. The predicted octanol–water partition coefficient (Wildman–Crippen LogP) is 0.424. The van der Waals surface area contributed by atoms with Crippen molar-refractivity contribution in [3.8, 4) is 5.75 Å². The van der Waals surface area contributed by atoms with Gasteiger partial charge in [-0.15, -0.1) is 0 Å². The molecule has 3 nitrogen and oxygen atoms in total. The number of aromatic hydroxyl groups is 1. The molecule has 0 spiro atoms. The van der Waals surface area contributed by atoms with Crippen LogP contribution >= 0.6 is 0 Å². The van der Waals surface area contributed by atoms with Gasteiger partial charge in [0.2, 0.25) is 0 Å². The normalized spacial score (nSPS) is 10.4. The van der Waals surface area contributed by atoms with Crippen LogP contribution < -0.4 is 5.56 Å². The molecule has 5 heteroatoms. The molecule has 2 N–H and O–H groups in total. The standard InChI is InChI=1S/C10H7BFNO2/c11-4-5-1-8-6(2-7(5)12)9(14)3-10(15)13-8/h1-4,11H,(H2,13,14,15). The van der Waals surface area contributed by atoms with Crippen molar-refractivity contribution >= 4 is 24.4 Å². The number of fused-ring (bicyclic) bond motifs is 1. The number of H-pyrrole nitrogens is 1. The van der Waals surface area contributed by atoms with Crippen molar-refractivity contribution in [2.45, 2.75) is 0 Å². The Morgan fingerprint density at radius 2 is 2.13 bits per heavy atom. The topological polar surface area (TPSA) is 53.1 Å². The van der Waals surface area contributed by atoms with E-state index >= 15 is 0 Å². The van der Waals surface area contributed by atoms with Gasteiger partial charge in [0.15, 0.2) is 0 Å². The third-order valence-corrected chi connectivity index (χ3v) is 2.16. The zero-order valence-electron chi connectivity index (χ0n) is 7.75. The second-order valence-electron chi connectivity index (χ2n) is 3.14. The van der Waals surface area contributed by atoms with E-state index in [9.17, 15) is 14.3 Å². The van der Waals surface area contributed by atoms with Crippen LogP contribution in [0.3, 0.4) is 0 Å². The van der Waals surface area contributed by atoms with E-state index in [0.29, 0.717) is 5.52 Å². The van der Waals surface area contributed by atoms with E-state index in [-0.39, 0.29) is 16.7 Å². The number of aromatic nitrogens is 1. The van der Waals surface area contributed by atoms with Gasteiger partial charge in [0.1, 0.15) is 0 Å². The van der Waals surface area contributed by atoms with Crippen LogP contribution in [0.1, 0.15) is 5.56 Å². The summed E-state index contributed by atoms with van der Waals surface area (Å²) in [7, 11) is 3.45. The van der Waals surface area contributed by atoms with Crippen LogP contribution in [-0.2, 0) is 0 Å². The molecule has 0 aliphatic rings. The molecule has 0 saturated heterocycles. The average molecular weight is 203 g/mol. The van der Waals surface area contributed by atoms with Crippen LogP contribution in [0.15, 0.2) is 23.0 Å². The number of hydrogen-bond acceptors (Lipinski definition) is 2. The molecule has 1 aromatic heterocycles. The molecule has 74 valence electrons. The quantitative estimate of drug-likeness (QED) is 0.660. The number of nitrogens with one attached hydrogen (secondary N) is 1. The molecule has 0 aliphatic heterocycles. The Kier molecular flexibility index (Phi) is 2.15.